The Morgan fingerprint density at radius 2 is 2.36 bits per heavy atom. The third kappa shape index (κ3) is 2.98. The van der Waals surface area contributed by atoms with Crippen LogP contribution in [0.4, 0.5) is 5.00 Å². The van der Waals surface area contributed by atoms with Crippen molar-refractivity contribution in [1.29, 1.82) is 0 Å². The molecule has 0 unspecified atom stereocenters. The molecule has 0 aliphatic rings. The lowest BCUT2D eigenvalue weighted by molar-refractivity contribution is -0.380. The topological polar surface area (TPSA) is 86.2 Å². The van der Waals surface area contributed by atoms with Gasteiger partial charge in [-0.25, -0.2) is 0 Å². The number of carbonyl (C=O) groups excluding carboxylic acids is 1. The van der Waals surface area contributed by atoms with Crippen molar-refractivity contribution in [1.82, 2.24) is 0 Å². The van der Waals surface area contributed by atoms with Gasteiger partial charge in [0.15, 0.2) is 0 Å². The molecule has 1 rings (SSSR count). The van der Waals surface area contributed by atoms with E-state index in [0.717, 1.165) is 16.2 Å². The quantitative estimate of drug-likeness (QED) is 0.606. The van der Waals surface area contributed by atoms with E-state index >= 15 is 0 Å². The zero-order valence-electron chi connectivity index (χ0n) is 7.17. The van der Waals surface area contributed by atoms with Crippen LogP contribution in [0.15, 0.2) is 18.2 Å². The van der Waals surface area contributed by atoms with Crippen LogP contribution in [0.2, 0.25) is 0 Å². The number of carbonyl (C=O) groups is 1. The fourth-order valence-corrected chi connectivity index (χ4v) is 1.57. The number of hydrogen-bond acceptors (Lipinski definition) is 4. The molecule has 0 saturated heterocycles. The van der Waals surface area contributed by atoms with Gasteiger partial charge >= 0.3 is 5.00 Å². The number of nitrogens with zero attached hydrogens (tertiary/aromatic N) is 1. The molecule has 0 aliphatic heterocycles. The standard InChI is InChI=1S/C8H8N2O3S/c9-7(11)3-1-2-6-4-5-8(14-6)10(12)13/h1-2,4-5H,3H2,(H2,9,11). The minimum absolute atomic E-state index is 0.0868. The summed E-state index contributed by atoms with van der Waals surface area (Å²) in [5, 5.41) is 10.4. The van der Waals surface area contributed by atoms with Gasteiger partial charge in [-0.2, -0.15) is 0 Å². The molecule has 0 fully saturated rings. The van der Waals surface area contributed by atoms with Crippen LogP contribution in [0, 0.1) is 10.1 Å². The number of rotatable bonds is 4. The molecule has 74 valence electrons. The SMILES string of the molecule is NC(=O)CC=Cc1ccc([N+](=O)[O-])s1. The van der Waals surface area contributed by atoms with Gasteiger partial charge in [0.25, 0.3) is 0 Å². The van der Waals surface area contributed by atoms with Gasteiger partial charge in [-0.3, -0.25) is 14.9 Å². The van der Waals surface area contributed by atoms with Crippen LogP contribution < -0.4 is 5.73 Å². The van der Waals surface area contributed by atoms with Gasteiger partial charge in [0.05, 0.1) is 4.92 Å². The molecule has 5 nitrogen and oxygen atoms in total. The van der Waals surface area contributed by atoms with E-state index in [0.29, 0.717) is 0 Å². The third-order valence-electron chi connectivity index (χ3n) is 1.39. The number of nitro groups is 1. The molecule has 0 atom stereocenters. The Morgan fingerprint density at radius 1 is 1.64 bits per heavy atom. The summed E-state index contributed by atoms with van der Waals surface area (Å²) in [7, 11) is 0. The highest BCUT2D eigenvalue weighted by Gasteiger charge is 2.07. The van der Waals surface area contributed by atoms with E-state index < -0.39 is 10.8 Å². The van der Waals surface area contributed by atoms with Gasteiger partial charge in [0.2, 0.25) is 5.91 Å². The summed E-state index contributed by atoms with van der Waals surface area (Å²) in [4.78, 5) is 21.0. The normalized spacial score (nSPS) is 10.6. The largest absolute Gasteiger partial charge is 0.369 e. The molecule has 1 aromatic rings. The lowest BCUT2D eigenvalue weighted by Crippen LogP contribution is -2.07. The number of hydrogen-bond donors (Lipinski definition) is 1. The summed E-state index contributed by atoms with van der Waals surface area (Å²) in [6.07, 6.45) is 3.37. The fraction of sp³-hybridized carbons (Fsp3) is 0.125. The molecule has 1 amide bonds. The van der Waals surface area contributed by atoms with Crippen molar-refractivity contribution in [2.45, 2.75) is 6.42 Å². The molecule has 2 N–H and O–H groups in total. The number of thiophene rings is 1. The van der Waals surface area contributed by atoms with Crippen molar-refractivity contribution in [2.75, 3.05) is 0 Å². The van der Waals surface area contributed by atoms with Crippen LogP contribution in [-0.4, -0.2) is 10.8 Å². The second-order valence-electron chi connectivity index (χ2n) is 2.51. The van der Waals surface area contributed by atoms with Gasteiger partial charge in [-0.15, -0.1) is 0 Å². The van der Waals surface area contributed by atoms with E-state index in [4.69, 9.17) is 5.73 Å². The highest BCUT2D eigenvalue weighted by Crippen LogP contribution is 2.24. The van der Waals surface area contributed by atoms with Gasteiger partial charge in [-0.05, 0) is 12.1 Å². The molecule has 6 heteroatoms. The minimum Gasteiger partial charge on any atom is -0.369 e. The van der Waals surface area contributed by atoms with Crippen LogP contribution in [0.3, 0.4) is 0 Å². The van der Waals surface area contributed by atoms with Crippen LogP contribution in [0.1, 0.15) is 11.3 Å². The van der Waals surface area contributed by atoms with Gasteiger partial charge in [-0.1, -0.05) is 17.4 Å². The first-order valence-corrected chi connectivity index (χ1v) is 4.60. The summed E-state index contributed by atoms with van der Waals surface area (Å²) in [5.41, 5.74) is 4.92. The molecule has 0 aliphatic carbocycles. The van der Waals surface area contributed by atoms with Crippen LogP contribution >= 0.6 is 11.3 Å². The molecular formula is C8H8N2O3S. The predicted molar refractivity (Wildman–Crippen MR) is 53.8 cm³/mol. The Kier molecular flexibility index (Phi) is 3.35. The van der Waals surface area contributed by atoms with Gasteiger partial charge in [0, 0.05) is 17.4 Å². The molecule has 1 heterocycles. The summed E-state index contributed by atoms with van der Waals surface area (Å²) in [5.74, 6) is -0.424. The summed E-state index contributed by atoms with van der Waals surface area (Å²) < 4.78 is 0. The predicted octanol–water partition coefficient (Wildman–Crippen LogP) is 1.54. The van der Waals surface area contributed by atoms with E-state index in [1.807, 2.05) is 0 Å². The molecule has 1 aromatic heterocycles. The molecule has 0 saturated carbocycles. The van der Waals surface area contributed by atoms with Crippen LogP contribution in [-0.2, 0) is 4.79 Å². The average molecular weight is 212 g/mol. The highest BCUT2D eigenvalue weighted by atomic mass is 32.1. The van der Waals surface area contributed by atoms with Crippen molar-refractivity contribution in [3.05, 3.63) is 33.2 Å². The maximum Gasteiger partial charge on any atom is 0.324 e. The smallest absolute Gasteiger partial charge is 0.324 e. The van der Waals surface area contributed by atoms with Gasteiger partial charge < -0.3 is 5.73 Å². The lowest BCUT2D eigenvalue weighted by Gasteiger charge is -1.84. The summed E-state index contributed by atoms with van der Waals surface area (Å²) in [6.45, 7) is 0. The fourth-order valence-electron chi connectivity index (χ4n) is 0.821. The van der Waals surface area contributed by atoms with E-state index in [-0.39, 0.29) is 11.4 Å². The van der Waals surface area contributed by atoms with Crippen molar-refractivity contribution in [2.24, 2.45) is 5.73 Å². The molecule has 0 bridgehead atoms. The van der Waals surface area contributed by atoms with E-state index in [1.165, 1.54) is 6.07 Å². The van der Waals surface area contributed by atoms with Crippen molar-refractivity contribution < 1.29 is 9.72 Å². The Bertz CT molecular complexity index is 384. The molecular weight excluding hydrogens is 204 g/mol. The molecule has 14 heavy (non-hydrogen) atoms. The molecule has 0 aromatic carbocycles. The van der Waals surface area contributed by atoms with Gasteiger partial charge in [0.1, 0.15) is 0 Å². The Morgan fingerprint density at radius 3 is 2.86 bits per heavy atom. The van der Waals surface area contributed by atoms with E-state index in [2.05, 4.69) is 0 Å². The van der Waals surface area contributed by atoms with E-state index in [9.17, 15) is 14.9 Å². The number of nitrogens with two attached hydrogens (primary N) is 1. The first kappa shape index (κ1) is 10.4. The Labute approximate surface area is 84.0 Å². The summed E-state index contributed by atoms with van der Waals surface area (Å²) >= 11 is 1.05. The molecule has 0 spiro atoms. The van der Waals surface area contributed by atoms with Crippen LogP contribution in [0.5, 0.6) is 0 Å². The number of primary amides is 1. The van der Waals surface area contributed by atoms with E-state index in [1.54, 1.807) is 18.2 Å². The maximum absolute atomic E-state index is 10.4. The van der Waals surface area contributed by atoms with Crippen molar-refractivity contribution >= 4 is 28.3 Å². The first-order valence-electron chi connectivity index (χ1n) is 3.78. The monoisotopic (exact) mass is 212 g/mol. The first-order chi connectivity index (χ1) is 6.59. The second-order valence-corrected chi connectivity index (χ2v) is 3.60. The summed E-state index contributed by atoms with van der Waals surface area (Å²) in [6, 6.07) is 3.05. The minimum atomic E-state index is -0.448. The Hall–Kier alpha value is -1.69. The average Bonchev–Trinajstić information content (AvgIpc) is 2.52. The molecule has 0 radical (unpaired) electrons. The highest BCUT2D eigenvalue weighted by molar-refractivity contribution is 7.16. The number of amides is 1. The zero-order chi connectivity index (χ0) is 10.6. The zero-order valence-corrected chi connectivity index (χ0v) is 7.99. The second kappa shape index (κ2) is 4.52. The lowest BCUT2D eigenvalue weighted by atomic mass is 10.3. The van der Waals surface area contributed by atoms with Crippen molar-refractivity contribution in [3.8, 4) is 0 Å². The third-order valence-corrected chi connectivity index (χ3v) is 2.40. The maximum atomic E-state index is 10.4. The Balaban J connectivity index is 2.64. The van der Waals surface area contributed by atoms with Crippen molar-refractivity contribution in [3.63, 3.8) is 0 Å². The van der Waals surface area contributed by atoms with Crippen LogP contribution in [0.25, 0.3) is 6.08 Å².